The second-order valence-electron chi connectivity index (χ2n) is 3.42. The van der Waals surface area contributed by atoms with Gasteiger partial charge < -0.3 is 9.84 Å². The van der Waals surface area contributed by atoms with Crippen molar-refractivity contribution in [2.24, 2.45) is 0 Å². The summed E-state index contributed by atoms with van der Waals surface area (Å²) in [7, 11) is 0. The molecule has 82 valence electrons. The average Bonchev–Trinajstić information content (AvgIpc) is 2.20. The van der Waals surface area contributed by atoms with Gasteiger partial charge in [0.15, 0.2) is 11.6 Å². The Kier molecular flexibility index (Phi) is 3.86. The van der Waals surface area contributed by atoms with Crippen LogP contribution in [0.5, 0.6) is 5.75 Å². The third-order valence-electron chi connectivity index (χ3n) is 2.08. The van der Waals surface area contributed by atoms with Crippen LogP contribution in [0.2, 0.25) is 0 Å². The molecule has 0 heterocycles. The Bertz CT molecular complexity index is 347. The predicted molar refractivity (Wildman–Crippen MR) is 57.3 cm³/mol. The second kappa shape index (κ2) is 4.94. The molecule has 0 spiro atoms. The Morgan fingerprint density at radius 2 is 2.13 bits per heavy atom. The molecule has 2 nitrogen and oxygen atoms in total. The van der Waals surface area contributed by atoms with Crippen molar-refractivity contribution in [1.82, 2.24) is 0 Å². The Morgan fingerprint density at radius 1 is 1.47 bits per heavy atom. The van der Waals surface area contributed by atoms with Crippen molar-refractivity contribution >= 4 is 0 Å². The van der Waals surface area contributed by atoms with E-state index in [1.807, 2.05) is 0 Å². The zero-order valence-corrected chi connectivity index (χ0v) is 8.90. The Morgan fingerprint density at radius 3 is 2.60 bits per heavy atom. The van der Waals surface area contributed by atoms with Gasteiger partial charge in [0.1, 0.15) is 6.10 Å². The van der Waals surface area contributed by atoms with Gasteiger partial charge in [-0.25, -0.2) is 4.39 Å². The maximum absolute atomic E-state index is 13.4. The van der Waals surface area contributed by atoms with E-state index in [1.165, 1.54) is 12.1 Å². The van der Waals surface area contributed by atoms with Crippen molar-refractivity contribution in [1.29, 1.82) is 0 Å². The molecular formula is C12H15FO2. The van der Waals surface area contributed by atoms with Gasteiger partial charge in [0, 0.05) is 0 Å². The number of hydrogen-bond acceptors (Lipinski definition) is 2. The van der Waals surface area contributed by atoms with Crippen LogP contribution < -0.4 is 4.74 Å². The van der Waals surface area contributed by atoms with E-state index in [0.29, 0.717) is 5.56 Å². The molecule has 0 saturated heterocycles. The van der Waals surface area contributed by atoms with Gasteiger partial charge in [-0.3, -0.25) is 0 Å². The van der Waals surface area contributed by atoms with Gasteiger partial charge in [0.05, 0.1) is 6.10 Å². The largest absolute Gasteiger partial charge is 0.484 e. The monoisotopic (exact) mass is 210 g/mol. The van der Waals surface area contributed by atoms with E-state index in [1.54, 1.807) is 26.0 Å². The molecule has 0 bridgehead atoms. The third-order valence-corrected chi connectivity index (χ3v) is 2.08. The van der Waals surface area contributed by atoms with E-state index in [2.05, 4.69) is 6.58 Å². The highest BCUT2D eigenvalue weighted by Gasteiger charge is 2.09. The fraction of sp³-hybridized carbons (Fsp3) is 0.333. The van der Waals surface area contributed by atoms with Gasteiger partial charge in [-0.2, -0.15) is 0 Å². The number of halogens is 1. The van der Waals surface area contributed by atoms with Crippen LogP contribution in [0.15, 0.2) is 30.9 Å². The van der Waals surface area contributed by atoms with Crippen LogP contribution in [0.4, 0.5) is 4.39 Å². The summed E-state index contributed by atoms with van der Waals surface area (Å²) >= 11 is 0. The minimum atomic E-state index is -0.676. The van der Waals surface area contributed by atoms with Crippen LogP contribution in [0.3, 0.4) is 0 Å². The average molecular weight is 210 g/mol. The first-order valence-electron chi connectivity index (χ1n) is 4.81. The van der Waals surface area contributed by atoms with E-state index >= 15 is 0 Å². The van der Waals surface area contributed by atoms with E-state index in [4.69, 9.17) is 4.74 Å². The summed E-state index contributed by atoms with van der Waals surface area (Å²) in [5.41, 5.74) is 0.533. The maximum atomic E-state index is 13.4. The molecule has 1 aromatic rings. The number of aliphatic hydroxyl groups excluding tert-OH is 1. The van der Waals surface area contributed by atoms with Crippen molar-refractivity contribution in [2.45, 2.75) is 26.1 Å². The molecule has 0 radical (unpaired) electrons. The molecule has 3 heteroatoms. The number of ether oxygens (including phenoxy) is 1. The highest BCUT2D eigenvalue weighted by molar-refractivity contribution is 5.30. The van der Waals surface area contributed by atoms with E-state index in [0.717, 1.165) is 0 Å². The van der Waals surface area contributed by atoms with Gasteiger partial charge in [0.2, 0.25) is 0 Å². The molecule has 2 atom stereocenters. The lowest BCUT2D eigenvalue weighted by atomic mass is 10.1. The van der Waals surface area contributed by atoms with Crippen LogP contribution in [0, 0.1) is 5.82 Å². The van der Waals surface area contributed by atoms with E-state index < -0.39 is 11.9 Å². The van der Waals surface area contributed by atoms with Gasteiger partial charge in [-0.1, -0.05) is 18.7 Å². The molecular weight excluding hydrogens is 195 g/mol. The SMILES string of the molecule is C=CC(C)Oc1ccc([C@H](C)O)cc1F. The molecule has 0 aromatic heterocycles. The van der Waals surface area contributed by atoms with Crippen LogP contribution in [0.25, 0.3) is 0 Å². The first kappa shape index (κ1) is 11.7. The van der Waals surface area contributed by atoms with E-state index in [-0.39, 0.29) is 11.9 Å². The summed E-state index contributed by atoms with van der Waals surface area (Å²) in [4.78, 5) is 0. The normalized spacial score (nSPS) is 14.4. The maximum Gasteiger partial charge on any atom is 0.165 e. The minimum absolute atomic E-state index is 0.173. The summed E-state index contributed by atoms with van der Waals surface area (Å²) in [6.45, 7) is 6.90. The lowest BCUT2D eigenvalue weighted by Gasteiger charge is -2.12. The molecule has 1 rings (SSSR count). The molecule has 0 aliphatic heterocycles. The molecule has 0 aliphatic rings. The first-order valence-corrected chi connectivity index (χ1v) is 4.81. The molecule has 1 unspecified atom stereocenters. The number of aliphatic hydroxyl groups is 1. The Labute approximate surface area is 89.0 Å². The molecule has 1 N–H and O–H groups in total. The fourth-order valence-electron chi connectivity index (χ4n) is 1.12. The number of hydrogen-bond donors (Lipinski definition) is 1. The Hall–Kier alpha value is -1.35. The van der Waals surface area contributed by atoms with Crippen molar-refractivity contribution < 1.29 is 14.2 Å². The van der Waals surface area contributed by atoms with Crippen LogP contribution in [-0.2, 0) is 0 Å². The van der Waals surface area contributed by atoms with Gasteiger partial charge >= 0.3 is 0 Å². The van der Waals surface area contributed by atoms with Crippen LogP contribution in [0.1, 0.15) is 25.5 Å². The summed E-state index contributed by atoms with van der Waals surface area (Å²) in [6, 6.07) is 4.42. The molecule has 0 fully saturated rings. The zero-order chi connectivity index (χ0) is 11.4. The molecule has 1 aromatic carbocycles. The van der Waals surface area contributed by atoms with Crippen molar-refractivity contribution in [2.75, 3.05) is 0 Å². The molecule has 0 amide bonds. The topological polar surface area (TPSA) is 29.5 Å². The van der Waals surface area contributed by atoms with Crippen LogP contribution >= 0.6 is 0 Å². The van der Waals surface area contributed by atoms with Crippen molar-refractivity contribution in [3.63, 3.8) is 0 Å². The number of benzene rings is 1. The number of rotatable bonds is 4. The summed E-state index contributed by atoms with van der Waals surface area (Å²) < 4.78 is 18.7. The highest BCUT2D eigenvalue weighted by atomic mass is 19.1. The standard InChI is InChI=1S/C12H15FO2/c1-4-8(2)15-12-6-5-10(9(3)14)7-11(12)13/h4-9,14H,1H2,2-3H3/t8?,9-/m0/s1. The fourth-order valence-corrected chi connectivity index (χ4v) is 1.12. The van der Waals surface area contributed by atoms with Gasteiger partial charge in [-0.05, 0) is 31.5 Å². The lowest BCUT2D eigenvalue weighted by Crippen LogP contribution is -2.08. The predicted octanol–water partition coefficient (Wildman–Crippen LogP) is 2.83. The van der Waals surface area contributed by atoms with Gasteiger partial charge in [0.25, 0.3) is 0 Å². The summed E-state index contributed by atoms with van der Waals surface area (Å²) in [5, 5.41) is 9.24. The van der Waals surface area contributed by atoms with Crippen LogP contribution in [-0.4, -0.2) is 11.2 Å². The smallest absolute Gasteiger partial charge is 0.165 e. The first-order chi connectivity index (χ1) is 7.04. The van der Waals surface area contributed by atoms with E-state index in [9.17, 15) is 9.50 Å². The van der Waals surface area contributed by atoms with Crippen molar-refractivity contribution in [3.05, 3.63) is 42.2 Å². The molecule has 0 aliphatic carbocycles. The minimum Gasteiger partial charge on any atom is -0.484 e. The quantitative estimate of drug-likeness (QED) is 0.774. The second-order valence-corrected chi connectivity index (χ2v) is 3.42. The van der Waals surface area contributed by atoms with Crippen molar-refractivity contribution in [3.8, 4) is 5.75 Å². The summed E-state index contributed by atoms with van der Waals surface area (Å²) in [5.74, 6) is -0.297. The molecule has 15 heavy (non-hydrogen) atoms. The highest BCUT2D eigenvalue weighted by Crippen LogP contribution is 2.22. The molecule has 0 saturated carbocycles. The third kappa shape index (κ3) is 3.06. The van der Waals surface area contributed by atoms with Gasteiger partial charge in [-0.15, -0.1) is 0 Å². The lowest BCUT2D eigenvalue weighted by molar-refractivity contribution is 0.198. The summed E-state index contributed by atoms with van der Waals surface area (Å²) in [6.07, 6.45) is 0.671. The Balaban J connectivity index is 2.88. The zero-order valence-electron chi connectivity index (χ0n) is 8.90.